The molecule has 4 nitrogen and oxygen atoms in total. The first-order valence-electron chi connectivity index (χ1n) is 13.7. The van der Waals surface area contributed by atoms with Gasteiger partial charge in [0, 0.05) is 12.6 Å². The van der Waals surface area contributed by atoms with E-state index in [0.29, 0.717) is 23.5 Å². The molecule has 4 aliphatic carbocycles. The van der Waals surface area contributed by atoms with Crippen molar-refractivity contribution in [2.24, 2.45) is 46.3 Å². The highest BCUT2D eigenvalue weighted by Gasteiger charge is 2.64. The van der Waals surface area contributed by atoms with Gasteiger partial charge in [0.2, 0.25) is 0 Å². The quantitative estimate of drug-likeness (QED) is 0.498. The summed E-state index contributed by atoms with van der Waals surface area (Å²) in [6, 6.07) is 0.515. The molecule has 4 heteroatoms. The van der Waals surface area contributed by atoms with Crippen LogP contribution in [0.3, 0.4) is 0 Å². The molecule has 0 radical (unpaired) electrons. The Morgan fingerprint density at radius 3 is 2.56 bits per heavy atom. The van der Waals surface area contributed by atoms with Crippen LogP contribution in [0.4, 0.5) is 0 Å². The van der Waals surface area contributed by atoms with Crippen molar-refractivity contribution in [2.75, 3.05) is 20.3 Å². The van der Waals surface area contributed by atoms with E-state index in [-0.39, 0.29) is 17.3 Å². The van der Waals surface area contributed by atoms with Gasteiger partial charge in [-0.3, -0.25) is 4.79 Å². The van der Waals surface area contributed by atoms with Crippen LogP contribution in [0.1, 0.15) is 92.4 Å². The van der Waals surface area contributed by atoms with Crippen molar-refractivity contribution in [3.05, 3.63) is 0 Å². The first-order chi connectivity index (χ1) is 15.2. The van der Waals surface area contributed by atoms with Gasteiger partial charge in [-0.05, 0) is 112 Å². The van der Waals surface area contributed by atoms with Crippen LogP contribution in [0.5, 0.6) is 0 Å². The third kappa shape index (κ3) is 4.17. The van der Waals surface area contributed by atoms with Crippen molar-refractivity contribution in [2.45, 2.75) is 105 Å². The lowest BCUT2D eigenvalue weighted by molar-refractivity contribution is -0.163. The second kappa shape index (κ2) is 9.56. The van der Waals surface area contributed by atoms with E-state index in [1.165, 1.54) is 44.9 Å². The zero-order chi connectivity index (χ0) is 23.1. The summed E-state index contributed by atoms with van der Waals surface area (Å²) >= 11 is 0. The summed E-state index contributed by atoms with van der Waals surface area (Å²) in [4.78, 5) is 12.8. The Balaban J connectivity index is 1.62. The molecule has 0 spiro atoms. The van der Waals surface area contributed by atoms with Crippen molar-refractivity contribution in [3.63, 3.8) is 0 Å². The van der Waals surface area contributed by atoms with E-state index in [1.54, 1.807) is 7.11 Å². The summed E-state index contributed by atoms with van der Waals surface area (Å²) in [6.45, 7) is 13.8. The second-order valence-corrected chi connectivity index (χ2v) is 12.5. The molecular formula is C28H49NO3. The topological polar surface area (TPSA) is 47.6 Å². The molecule has 4 unspecified atom stereocenters. The monoisotopic (exact) mass is 447 g/mol. The third-order valence-corrected chi connectivity index (χ3v) is 10.6. The molecule has 4 saturated carbocycles. The van der Waals surface area contributed by atoms with Crippen molar-refractivity contribution < 1.29 is 14.3 Å². The maximum Gasteiger partial charge on any atom is 0.309 e. The van der Waals surface area contributed by atoms with Crippen molar-refractivity contribution in [1.29, 1.82) is 0 Å². The van der Waals surface area contributed by atoms with Crippen LogP contribution in [0.25, 0.3) is 0 Å². The van der Waals surface area contributed by atoms with E-state index in [4.69, 9.17) is 9.47 Å². The molecule has 0 aliphatic heterocycles. The minimum atomic E-state index is 0.0338. The average Bonchev–Trinajstić information content (AvgIpc) is 3.10. The summed E-state index contributed by atoms with van der Waals surface area (Å²) in [5.74, 6) is 3.75. The molecule has 0 bridgehead atoms. The van der Waals surface area contributed by atoms with Crippen LogP contribution in [-0.4, -0.2) is 38.4 Å². The number of carbonyl (C=O) groups excluding carboxylic acids is 1. The van der Waals surface area contributed by atoms with Gasteiger partial charge in [0.15, 0.2) is 0 Å². The third-order valence-electron chi connectivity index (χ3n) is 10.6. The zero-order valence-electron chi connectivity index (χ0n) is 21.6. The molecule has 4 rings (SSSR count). The van der Waals surface area contributed by atoms with Crippen LogP contribution in [0, 0.1) is 46.3 Å². The first kappa shape index (κ1) is 24.5. The van der Waals surface area contributed by atoms with Gasteiger partial charge in [0.1, 0.15) is 0 Å². The summed E-state index contributed by atoms with van der Waals surface area (Å²) in [5, 5.41) is 4.08. The fourth-order valence-electron chi connectivity index (χ4n) is 9.07. The molecule has 0 amide bonds. The lowest BCUT2D eigenvalue weighted by Gasteiger charge is -2.63. The van der Waals surface area contributed by atoms with Gasteiger partial charge in [0.25, 0.3) is 0 Å². The number of carbonyl (C=O) groups is 1. The minimum Gasteiger partial charge on any atom is -0.469 e. The molecule has 184 valence electrons. The number of hydrogen-bond acceptors (Lipinski definition) is 4. The van der Waals surface area contributed by atoms with Crippen LogP contribution >= 0.6 is 0 Å². The van der Waals surface area contributed by atoms with Crippen molar-refractivity contribution >= 4 is 5.97 Å². The number of nitrogens with one attached hydrogen (secondary N) is 1. The highest BCUT2D eigenvalue weighted by atomic mass is 16.5. The normalized spacial score (nSPS) is 45.8. The predicted octanol–water partition coefficient (Wildman–Crippen LogP) is 5.84. The van der Waals surface area contributed by atoms with Crippen LogP contribution in [0.2, 0.25) is 0 Å². The Labute approximate surface area is 197 Å². The van der Waals surface area contributed by atoms with E-state index in [9.17, 15) is 4.79 Å². The van der Waals surface area contributed by atoms with Gasteiger partial charge in [-0.15, -0.1) is 0 Å². The maximum atomic E-state index is 12.8. The molecule has 32 heavy (non-hydrogen) atoms. The van der Waals surface area contributed by atoms with Gasteiger partial charge < -0.3 is 14.8 Å². The van der Waals surface area contributed by atoms with Crippen LogP contribution in [-0.2, 0) is 14.3 Å². The van der Waals surface area contributed by atoms with Crippen LogP contribution in [0.15, 0.2) is 0 Å². The van der Waals surface area contributed by atoms with E-state index >= 15 is 0 Å². The van der Waals surface area contributed by atoms with E-state index in [0.717, 1.165) is 49.7 Å². The van der Waals surface area contributed by atoms with E-state index in [2.05, 4.69) is 39.9 Å². The highest BCUT2D eigenvalue weighted by Crippen LogP contribution is 2.67. The minimum absolute atomic E-state index is 0.0338. The lowest BCUT2D eigenvalue weighted by Crippen LogP contribution is -2.62. The summed E-state index contributed by atoms with van der Waals surface area (Å²) in [5.41, 5.74) is 0.478. The Morgan fingerprint density at radius 1 is 1.09 bits per heavy atom. The molecule has 0 aromatic heterocycles. The Hall–Kier alpha value is -0.610. The summed E-state index contributed by atoms with van der Waals surface area (Å²) in [6.07, 6.45) is 11.5. The average molecular weight is 448 g/mol. The molecular weight excluding hydrogens is 398 g/mol. The standard InChI is InChI=1S/C28H49NO3/c1-7-32-20-12-14-27(4)19(16-20)8-9-21-22-10-11-23(26(30)31-6)28(22,5)17-24(25(21)27)29-15-13-18(2)3/h18-25,29H,7-17H2,1-6H3/t19?,20?,21-,22-,23?,24?,25-,27-,28-/m0/s1. The Kier molecular flexibility index (Phi) is 7.33. The number of methoxy groups -OCH3 is 1. The van der Waals surface area contributed by atoms with E-state index in [1.807, 2.05) is 0 Å². The van der Waals surface area contributed by atoms with Gasteiger partial charge in [-0.1, -0.05) is 27.7 Å². The van der Waals surface area contributed by atoms with Crippen molar-refractivity contribution in [1.82, 2.24) is 5.32 Å². The smallest absolute Gasteiger partial charge is 0.309 e. The Morgan fingerprint density at radius 2 is 1.88 bits per heavy atom. The molecule has 0 aromatic rings. The molecule has 4 fully saturated rings. The number of rotatable bonds is 7. The zero-order valence-corrected chi connectivity index (χ0v) is 21.6. The maximum absolute atomic E-state index is 12.8. The van der Waals surface area contributed by atoms with E-state index < -0.39 is 0 Å². The molecule has 0 heterocycles. The fraction of sp³-hybridized carbons (Fsp3) is 0.964. The molecule has 0 aromatic carbocycles. The number of ether oxygens (including phenoxy) is 2. The van der Waals surface area contributed by atoms with Gasteiger partial charge in [-0.2, -0.15) is 0 Å². The molecule has 9 atom stereocenters. The largest absolute Gasteiger partial charge is 0.469 e. The predicted molar refractivity (Wildman–Crippen MR) is 129 cm³/mol. The molecule has 0 saturated heterocycles. The summed E-state index contributed by atoms with van der Waals surface area (Å²) < 4.78 is 11.4. The van der Waals surface area contributed by atoms with Gasteiger partial charge in [-0.25, -0.2) is 0 Å². The SMILES string of the molecule is CCOC1CC[C@@]2(C)C(CC[C@@H]3[C@H]2C(NCCC(C)C)C[C@]2(C)C(C(=O)OC)CC[C@@H]32)C1. The van der Waals surface area contributed by atoms with Crippen molar-refractivity contribution in [3.8, 4) is 0 Å². The first-order valence-corrected chi connectivity index (χ1v) is 13.7. The van der Waals surface area contributed by atoms with Gasteiger partial charge >= 0.3 is 5.97 Å². The number of hydrogen-bond donors (Lipinski definition) is 1. The lowest BCUT2D eigenvalue weighted by atomic mass is 9.43. The van der Waals surface area contributed by atoms with Gasteiger partial charge in [0.05, 0.1) is 19.1 Å². The fourth-order valence-corrected chi connectivity index (χ4v) is 9.07. The molecule has 4 aliphatic rings. The highest BCUT2D eigenvalue weighted by molar-refractivity contribution is 5.74. The van der Waals surface area contributed by atoms with Crippen LogP contribution < -0.4 is 5.32 Å². The Bertz CT molecular complexity index is 665. The number of fused-ring (bicyclic) bond motifs is 5. The number of esters is 1. The molecule has 1 N–H and O–H groups in total. The second-order valence-electron chi connectivity index (χ2n) is 12.5. The summed E-state index contributed by atoms with van der Waals surface area (Å²) in [7, 11) is 1.58.